The Hall–Kier alpha value is -4.83. The van der Waals surface area contributed by atoms with Crippen molar-refractivity contribution in [2.24, 2.45) is 5.73 Å². The third-order valence-corrected chi connectivity index (χ3v) is 4.29. The Morgan fingerprint density at radius 3 is 2.17 bits per heavy atom. The largest absolute Gasteiger partial charge is 0.508 e. The zero-order chi connectivity index (χ0) is 27.9. The van der Waals surface area contributed by atoms with Gasteiger partial charge in [0.15, 0.2) is 0 Å². The maximum absolute atomic E-state index is 12.3. The lowest BCUT2D eigenvalue weighted by atomic mass is 9.99. The first kappa shape index (κ1) is 33.3. The Kier molecular flexibility index (Phi) is 19.2. The Morgan fingerprint density at radius 2 is 1.64 bits per heavy atom. The molecule has 7 heteroatoms. The fourth-order valence-corrected chi connectivity index (χ4v) is 2.66. The van der Waals surface area contributed by atoms with E-state index >= 15 is 0 Å². The Bertz CT molecular complexity index is 1060. The van der Waals surface area contributed by atoms with Gasteiger partial charge < -0.3 is 26.3 Å². The minimum Gasteiger partial charge on any atom is -0.508 e. The molecule has 0 saturated carbocycles. The quantitative estimate of drug-likeness (QED) is 0.142. The number of rotatable bonds is 8. The molecule has 2 aromatic rings. The van der Waals surface area contributed by atoms with E-state index in [1.54, 1.807) is 25.1 Å². The van der Waals surface area contributed by atoms with Crippen molar-refractivity contribution in [3.8, 4) is 23.6 Å². The maximum atomic E-state index is 12.3. The van der Waals surface area contributed by atoms with Gasteiger partial charge in [0.2, 0.25) is 5.91 Å². The molecule has 7 nitrogen and oxygen atoms in total. The minimum absolute atomic E-state index is 0.0844. The van der Waals surface area contributed by atoms with Crippen molar-refractivity contribution in [1.29, 1.82) is 0 Å². The Labute approximate surface area is 214 Å². The summed E-state index contributed by atoms with van der Waals surface area (Å²) in [6.45, 7) is 15.6. The number of nitrogens with two attached hydrogens (primary N) is 1. The lowest BCUT2D eigenvalue weighted by Gasteiger charge is -2.08. The van der Waals surface area contributed by atoms with Crippen molar-refractivity contribution >= 4 is 18.6 Å². The molecule has 190 valence electrons. The summed E-state index contributed by atoms with van der Waals surface area (Å²) in [5, 5.41) is 14.7. The number of nitrogens with one attached hydrogen (secondary N) is 2. The van der Waals surface area contributed by atoms with Gasteiger partial charge in [0.1, 0.15) is 12.5 Å². The van der Waals surface area contributed by atoms with Crippen molar-refractivity contribution in [3.63, 3.8) is 0 Å². The average molecular weight is 490 g/mol. The smallest absolute Gasteiger partial charge is 0.251 e. The molecule has 0 aromatic heterocycles. The fourth-order valence-electron chi connectivity index (χ4n) is 2.66. The maximum Gasteiger partial charge on any atom is 0.251 e. The first-order chi connectivity index (χ1) is 17.3. The Balaban J connectivity index is 0. The number of hydrogen-bond donors (Lipinski definition) is 4. The topological polar surface area (TPSA) is 122 Å². The van der Waals surface area contributed by atoms with Gasteiger partial charge in [-0.1, -0.05) is 49.4 Å². The van der Waals surface area contributed by atoms with Crippen LogP contribution in [0.25, 0.3) is 11.1 Å². The van der Waals surface area contributed by atoms with Crippen LogP contribution in [0.2, 0.25) is 0 Å². The highest BCUT2D eigenvalue weighted by Crippen LogP contribution is 2.23. The SMILES string of the molecule is C#CN.C=C.C=C(/C=C\C(O)=C/C)NC(=O)CCNC(=O)c1ccc(-c2ccccc2C)cc1.C=O. The summed E-state index contributed by atoms with van der Waals surface area (Å²) in [4.78, 5) is 32.2. The summed E-state index contributed by atoms with van der Waals surface area (Å²) in [5.41, 5.74) is 8.63. The molecule has 0 spiro atoms. The molecule has 0 aliphatic rings. The third-order valence-electron chi connectivity index (χ3n) is 4.29. The van der Waals surface area contributed by atoms with Crippen LogP contribution < -0.4 is 16.4 Å². The van der Waals surface area contributed by atoms with Crippen LogP contribution >= 0.6 is 0 Å². The number of carbonyl (C=O) groups excluding carboxylic acids is 3. The molecule has 5 N–H and O–H groups in total. The standard InChI is InChI=1S/C24H26N2O3.C2H3N.C2H4.CH2O/c1-4-21(27)14-9-18(3)26-23(28)15-16-25-24(29)20-12-10-19(11-13-20)22-8-6-5-7-17(22)2;1-2-3;2*1-2/h4-14,27H,3,15-16H2,1-2H3,(H,25,29)(H,26,28);1H,3H2;1-2H2;1H2/b14-9-,21-4+;;;. The van der Waals surface area contributed by atoms with Gasteiger partial charge in [-0.25, -0.2) is 0 Å². The number of terminal acetylenes is 1. The van der Waals surface area contributed by atoms with Gasteiger partial charge in [0.05, 0.1) is 0 Å². The summed E-state index contributed by atoms with van der Waals surface area (Å²) in [6, 6.07) is 17.2. The van der Waals surface area contributed by atoms with Crippen LogP contribution in [0.4, 0.5) is 0 Å². The van der Waals surface area contributed by atoms with E-state index in [9.17, 15) is 14.7 Å². The average Bonchev–Trinajstić information content (AvgIpc) is 2.90. The van der Waals surface area contributed by atoms with Gasteiger partial charge in [-0.3, -0.25) is 9.59 Å². The van der Waals surface area contributed by atoms with E-state index in [0.717, 1.165) is 11.1 Å². The second kappa shape index (κ2) is 20.8. The van der Waals surface area contributed by atoms with Crippen molar-refractivity contribution in [1.82, 2.24) is 10.6 Å². The monoisotopic (exact) mass is 489 g/mol. The lowest BCUT2D eigenvalue weighted by Crippen LogP contribution is -2.30. The van der Waals surface area contributed by atoms with Crippen molar-refractivity contribution < 1.29 is 19.5 Å². The highest BCUT2D eigenvalue weighted by Gasteiger charge is 2.08. The van der Waals surface area contributed by atoms with Crippen molar-refractivity contribution in [3.05, 3.63) is 109 Å². The highest BCUT2D eigenvalue weighted by molar-refractivity contribution is 5.95. The van der Waals surface area contributed by atoms with Gasteiger partial charge in [0, 0.05) is 24.2 Å². The van der Waals surface area contributed by atoms with Crippen LogP contribution in [-0.4, -0.2) is 30.3 Å². The van der Waals surface area contributed by atoms with Crippen LogP contribution in [-0.2, 0) is 9.59 Å². The molecule has 0 saturated heterocycles. The number of benzene rings is 2. The van der Waals surface area contributed by atoms with Gasteiger partial charge in [-0.05, 0) is 66.9 Å². The summed E-state index contributed by atoms with van der Waals surface area (Å²) in [6.07, 6.45) is 8.96. The number of hydrogen-bond acceptors (Lipinski definition) is 5. The second-order valence-corrected chi connectivity index (χ2v) is 6.69. The van der Waals surface area contributed by atoms with Gasteiger partial charge in [-0.15, -0.1) is 13.2 Å². The summed E-state index contributed by atoms with van der Waals surface area (Å²) >= 11 is 0. The van der Waals surface area contributed by atoms with E-state index in [4.69, 9.17) is 4.79 Å². The highest BCUT2D eigenvalue weighted by atomic mass is 16.3. The van der Waals surface area contributed by atoms with E-state index in [1.165, 1.54) is 23.8 Å². The molecule has 0 atom stereocenters. The van der Waals surface area contributed by atoms with Crippen LogP contribution in [0.15, 0.2) is 98.0 Å². The van der Waals surface area contributed by atoms with Crippen LogP contribution in [0, 0.1) is 19.4 Å². The zero-order valence-corrected chi connectivity index (χ0v) is 20.9. The molecule has 0 radical (unpaired) electrons. The fraction of sp³-hybridized carbons (Fsp3) is 0.138. The molecule has 0 aliphatic heterocycles. The van der Waals surface area contributed by atoms with Crippen molar-refractivity contribution in [2.45, 2.75) is 20.3 Å². The molecule has 0 unspecified atom stereocenters. The van der Waals surface area contributed by atoms with Gasteiger partial charge >= 0.3 is 0 Å². The zero-order valence-electron chi connectivity index (χ0n) is 20.9. The van der Waals surface area contributed by atoms with Gasteiger partial charge in [-0.2, -0.15) is 0 Å². The predicted octanol–water partition coefficient (Wildman–Crippen LogP) is 4.58. The number of carbonyl (C=O) groups is 3. The molecule has 2 amide bonds. The molecule has 36 heavy (non-hydrogen) atoms. The first-order valence-electron chi connectivity index (χ1n) is 10.7. The summed E-state index contributed by atoms with van der Waals surface area (Å²) < 4.78 is 0. The van der Waals surface area contributed by atoms with Crippen molar-refractivity contribution in [2.75, 3.05) is 6.54 Å². The van der Waals surface area contributed by atoms with Gasteiger partial charge in [0.25, 0.3) is 5.91 Å². The summed E-state index contributed by atoms with van der Waals surface area (Å²) in [5.74, 6) is -0.415. The number of aryl methyl sites for hydroxylation is 1. The van der Waals surface area contributed by atoms with Crippen LogP contribution in [0.5, 0.6) is 0 Å². The first-order valence-corrected chi connectivity index (χ1v) is 10.7. The molecular weight excluding hydrogens is 454 g/mol. The normalized spacial score (nSPS) is 9.53. The number of aliphatic hydroxyl groups is 1. The van der Waals surface area contributed by atoms with E-state index in [1.807, 2.05) is 37.1 Å². The summed E-state index contributed by atoms with van der Waals surface area (Å²) in [7, 11) is 0. The molecule has 0 heterocycles. The second-order valence-electron chi connectivity index (χ2n) is 6.69. The third kappa shape index (κ3) is 13.7. The molecule has 2 rings (SSSR count). The number of allylic oxidation sites excluding steroid dienone is 3. The predicted molar refractivity (Wildman–Crippen MR) is 148 cm³/mol. The number of aliphatic hydroxyl groups excluding tert-OH is 1. The van der Waals surface area contributed by atoms with E-state index < -0.39 is 0 Å². The van der Waals surface area contributed by atoms with E-state index in [0.29, 0.717) is 11.3 Å². The van der Waals surface area contributed by atoms with E-state index in [-0.39, 0.29) is 30.5 Å². The molecule has 2 aromatic carbocycles. The minimum atomic E-state index is -0.269. The lowest BCUT2D eigenvalue weighted by molar-refractivity contribution is -0.120. The molecule has 0 bridgehead atoms. The van der Waals surface area contributed by atoms with E-state index in [2.05, 4.69) is 55.5 Å². The number of amides is 2. The molecule has 0 fully saturated rings. The van der Waals surface area contributed by atoms with Crippen LogP contribution in [0.3, 0.4) is 0 Å². The van der Waals surface area contributed by atoms with Crippen LogP contribution in [0.1, 0.15) is 29.3 Å². The Morgan fingerprint density at radius 1 is 1.08 bits per heavy atom. The molecule has 0 aliphatic carbocycles. The molecular formula is C29H35N3O4.